The van der Waals surface area contributed by atoms with Gasteiger partial charge in [-0.15, -0.1) is 0 Å². The standard InChI is InChI=1S/C12H19NO/c1-4-12(14-3)6-5-10(2)11-7-8-13-9-11/h4-6,11,13H,1,7-9H2,2-3H3/b10-5+,12-6+. The Morgan fingerprint density at radius 1 is 1.50 bits per heavy atom. The third-order valence-electron chi connectivity index (χ3n) is 2.65. The summed E-state index contributed by atoms with van der Waals surface area (Å²) >= 11 is 0. The summed E-state index contributed by atoms with van der Waals surface area (Å²) in [5.41, 5.74) is 1.41. The zero-order chi connectivity index (χ0) is 10.4. The van der Waals surface area contributed by atoms with Gasteiger partial charge in [-0.25, -0.2) is 0 Å². The van der Waals surface area contributed by atoms with Crippen LogP contribution in [0.3, 0.4) is 0 Å². The molecule has 0 aromatic carbocycles. The molecule has 14 heavy (non-hydrogen) atoms. The lowest BCUT2D eigenvalue weighted by atomic mass is 9.99. The van der Waals surface area contributed by atoms with Crippen molar-refractivity contribution in [1.82, 2.24) is 5.32 Å². The van der Waals surface area contributed by atoms with Crippen molar-refractivity contribution in [3.05, 3.63) is 36.1 Å². The molecule has 0 spiro atoms. The van der Waals surface area contributed by atoms with Gasteiger partial charge in [-0.3, -0.25) is 0 Å². The van der Waals surface area contributed by atoms with Gasteiger partial charge in [0.25, 0.3) is 0 Å². The Bertz CT molecular complexity index is 247. The number of ether oxygens (including phenoxy) is 1. The van der Waals surface area contributed by atoms with E-state index in [0.717, 1.165) is 18.8 Å². The molecule has 1 saturated heterocycles. The quantitative estimate of drug-likeness (QED) is 0.546. The molecule has 0 aromatic rings. The number of rotatable bonds is 4. The van der Waals surface area contributed by atoms with Crippen molar-refractivity contribution in [2.75, 3.05) is 20.2 Å². The summed E-state index contributed by atoms with van der Waals surface area (Å²) in [5.74, 6) is 1.50. The minimum atomic E-state index is 0.689. The summed E-state index contributed by atoms with van der Waals surface area (Å²) in [7, 11) is 1.66. The van der Waals surface area contributed by atoms with Crippen LogP contribution in [-0.2, 0) is 4.74 Å². The molecule has 1 N–H and O–H groups in total. The zero-order valence-corrected chi connectivity index (χ0v) is 9.05. The van der Waals surface area contributed by atoms with E-state index in [-0.39, 0.29) is 0 Å². The average Bonchev–Trinajstić information content (AvgIpc) is 2.72. The Balaban J connectivity index is 2.57. The lowest BCUT2D eigenvalue weighted by Crippen LogP contribution is -2.09. The van der Waals surface area contributed by atoms with Crippen LogP contribution < -0.4 is 5.32 Å². The third-order valence-corrected chi connectivity index (χ3v) is 2.65. The van der Waals surface area contributed by atoms with Gasteiger partial charge in [0.1, 0.15) is 5.76 Å². The minimum Gasteiger partial charge on any atom is -0.497 e. The van der Waals surface area contributed by atoms with Crippen molar-refractivity contribution in [2.24, 2.45) is 5.92 Å². The molecular formula is C12H19NO. The Labute approximate surface area is 86.3 Å². The maximum atomic E-state index is 5.10. The van der Waals surface area contributed by atoms with Crippen LogP contribution in [0.5, 0.6) is 0 Å². The molecule has 1 aliphatic rings. The number of hydrogen-bond acceptors (Lipinski definition) is 2. The van der Waals surface area contributed by atoms with E-state index in [1.807, 2.05) is 6.08 Å². The third kappa shape index (κ3) is 3.04. The molecule has 1 rings (SSSR count). The molecular weight excluding hydrogens is 174 g/mol. The molecule has 0 bridgehead atoms. The van der Waals surface area contributed by atoms with Gasteiger partial charge in [-0.2, -0.15) is 0 Å². The molecule has 2 heteroatoms. The van der Waals surface area contributed by atoms with E-state index in [9.17, 15) is 0 Å². The molecule has 1 fully saturated rings. The average molecular weight is 193 g/mol. The first-order valence-electron chi connectivity index (χ1n) is 5.03. The van der Waals surface area contributed by atoms with Crippen LogP contribution >= 0.6 is 0 Å². The van der Waals surface area contributed by atoms with Gasteiger partial charge < -0.3 is 10.1 Å². The molecule has 0 aromatic heterocycles. The van der Waals surface area contributed by atoms with Gasteiger partial charge >= 0.3 is 0 Å². The predicted octanol–water partition coefficient (Wildman–Crippen LogP) is 2.26. The van der Waals surface area contributed by atoms with E-state index in [2.05, 4.69) is 24.9 Å². The van der Waals surface area contributed by atoms with E-state index >= 15 is 0 Å². The van der Waals surface area contributed by atoms with Crippen LogP contribution in [-0.4, -0.2) is 20.2 Å². The van der Waals surface area contributed by atoms with Gasteiger partial charge in [0, 0.05) is 6.54 Å². The highest BCUT2D eigenvalue weighted by Gasteiger charge is 2.14. The van der Waals surface area contributed by atoms with Crippen molar-refractivity contribution in [3.63, 3.8) is 0 Å². The lowest BCUT2D eigenvalue weighted by molar-refractivity contribution is 0.307. The largest absolute Gasteiger partial charge is 0.497 e. The first kappa shape index (κ1) is 11.1. The molecule has 0 saturated carbocycles. The van der Waals surface area contributed by atoms with Crippen molar-refractivity contribution < 1.29 is 4.74 Å². The van der Waals surface area contributed by atoms with E-state index in [4.69, 9.17) is 4.74 Å². The van der Waals surface area contributed by atoms with Crippen LogP contribution in [0.15, 0.2) is 36.1 Å². The molecule has 78 valence electrons. The fourth-order valence-corrected chi connectivity index (χ4v) is 1.61. The second-order valence-electron chi connectivity index (χ2n) is 3.58. The molecule has 1 heterocycles. The molecule has 0 amide bonds. The van der Waals surface area contributed by atoms with Gasteiger partial charge in [0.15, 0.2) is 0 Å². The van der Waals surface area contributed by atoms with Gasteiger partial charge in [0.2, 0.25) is 0 Å². The second-order valence-corrected chi connectivity index (χ2v) is 3.58. The first-order valence-corrected chi connectivity index (χ1v) is 5.03. The van der Waals surface area contributed by atoms with Crippen molar-refractivity contribution in [3.8, 4) is 0 Å². The summed E-state index contributed by atoms with van der Waals surface area (Å²) in [6, 6.07) is 0. The van der Waals surface area contributed by atoms with Crippen LogP contribution in [0.1, 0.15) is 13.3 Å². The summed E-state index contributed by atoms with van der Waals surface area (Å²) in [6.45, 7) is 8.08. The fourth-order valence-electron chi connectivity index (χ4n) is 1.61. The summed E-state index contributed by atoms with van der Waals surface area (Å²) in [6.07, 6.45) is 7.06. The Morgan fingerprint density at radius 2 is 2.29 bits per heavy atom. The summed E-state index contributed by atoms with van der Waals surface area (Å²) in [4.78, 5) is 0. The molecule has 0 radical (unpaired) electrons. The summed E-state index contributed by atoms with van der Waals surface area (Å²) in [5, 5.41) is 3.36. The maximum absolute atomic E-state index is 5.10. The van der Waals surface area contributed by atoms with Crippen molar-refractivity contribution in [2.45, 2.75) is 13.3 Å². The Morgan fingerprint density at radius 3 is 2.79 bits per heavy atom. The molecule has 1 aliphatic heterocycles. The Hall–Kier alpha value is -1.02. The van der Waals surface area contributed by atoms with E-state index in [1.165, 1.54) is 12.0 Å². The van der Waals surface area contributed by atoms with Crippen molar-refractivity contribution in [1.29, 1.82) is 0 Å². The van der Waals surface area contributed by atoms with Gasteiger partial charge in [-0.1, -0.05) is 18.2 Å². The summed E-state index contributed by atoms with van der Waals surface area (Å²) < 4.78 is 5.10. The molecule has 1 atom stereocenters. The predicted molar refractivity (Wildman–Crippen MR) is 60.0 cm³/mol. The van der Waals surface area contributed by atoms with E-state index < -0.39 is 0 Å². The Kier molecular flexibility index (Phi) is 4.47. The lowest BCUT2D eigenvalue weighted by Gasteiger charge is -2.07. The number of nitrogens with one attached hydrogen (secondary N) is 1. The van der Waals surface area contributed by atoms with Gasteiger partial charge in [-0.05, 0) is 38.0 Å². The first-order chi connectivity index (χ1) is 6.77. The number of methoxy groups -OCH3 is 1. The SMILES string of the molecule is C=C/C(=C\C=C(/C)C1CCNC1)OC. The fraction of sp³-hybridized carbons (Fsp3) is 0.500. The van der Waals surface area contributed by atoms with E-state index in [1.54, 1.807) is 13.2 Å². The smallest absolute Gasteiger partial charge is 0.118 e. The molecule has 0 aliphatic carbocycles. The minimum absolute atomic E-state index is 0.689. The van der Waals surface area contributed by atoms with Crippen LogP contribution in [0.2, 0.25) is 0 Å². The highest BCUT2D eigenvalue weighted by atomic mass is 16.5. The highest BCUT2D eigenvalue weighted by Crippen LogP contribution is 2.17. The second kappa shape index (κ2) is 5.66. The maximum Gasteiger partial charge on any atom is 0.118 e. The van der Waals surface area contributed by atoms with E-state index in [0.29, 0.717) is 5.92 Å². The highest BCUT2D eigenvalue weighted by molar-refractivity contribution is 5.21. The monoisotopic (exact) mass is 193 g/mol. The molecule has 2 nitrogen and oxygen atoms in total. The topological polar surface area (TPSA) is 21.3 Å². The zero-order valence-electron chi connectivity index (χ0n) is 9.05. The van der Waals surface area contributed by atoms with Gasteiger partial charge in [0.05, 0.1) is 7.11 Å². The van der Waals surface area contributed by atoms with Crippen LogP contribution in [0, 0.1) is 5.92 Å². The number of allylic oxidation sites excluding steroid dienone is 3. The molecule has 1 unspecified atom stereocenters. The number of hydrogen-bond donors (Lipinski definition) is 1. The van der Waals surface area contributed by atoms with Crippen LogP contribution in [0.4, 0.5) is 0 Å². The van der Waals surface area contributed by atoms with Crippen molar-refractivity contribution >= 4 is 0 Å². The van der Waals surface area contributed by atoms with Crippen LogP contribution in [0.25, 0.3) is 0 Å². The normalized spacial score (nSPS) is 23.7.